The molecule has 164 valence electrons. The number of hydrogen-bond acceptors (Lipinski definition) is 4. The third kappa shape index (κ3) is 4.12. The van der Waals surface area contributed by atoms with Gasteiger partial charge in [-0.1, -0.05) is 23.4 Å². The maximum absolute atomic E-state index is 14.5. The zero-order valence-corrected chi connectivity index (χ0v) is 18.3. The van der Waals surface area contributed by atoms with Gasteiger partial charge in [0.1, 0.15) is 23.4 Å². The predicted octanol–water partition coefficient (Wildman–Crippen LogP) is 4.18. The molecule has 0 aliphatic rings. The van der Waals surface area contributed by atoms with Crippen molar-refractivity contribution in [2.45, 2.75) is 26.8 Å². The summed E-state index contributed by atoms with van der Waals surface area (Å²) in [6, 6.07) is 9.46. The minimum atomic E-state index is -0.723. The van der Waals surface area contributed by atoms with Gasteiger partial charge in [0.2, 0.25) is 5.91 Å². The Morgan fingerprint density at radius 1 is 1.22 bits per heavy atom. The van der Waals surface area contributed by atoms with E-state index in [1.165, 1.54) is 12.1 Å². The summed E-state index contributed by atoms with van der Waals surface area (Å²) in [6.07, 6.45) is 6.55. The smallest absolute Gasteiger partial charge is 0.244 e. The molecule has 0 radical (unpaired) electrons. The van der Waals surface area contributed by atoms with E-state index < -0.39 is 11.9 Å². The number of aromatic nitrogens is 4. The van der Waals surface area contributed by atoms with Crippen molar-refractivity contribution in [3.05, 3.63) is 94.8 Å². The van der Waals surface area contributed by atoms with Gasteiger partial charge >= 0.3 is 0 Å². The van der Waals surface area contributed by atoms with Gasteiger partial charge in [-0.2, -0.15) is 0 Å². The van der Waals surface area contributed by atoms with Crippen molar-refractivity contribution in [3.63, 3.8) is 0 Å². The zero-order chi connectivity index (χ0) is 22.8. The molecule has 0 fully saturated rings. The summed E-state index contributed by atoms with van der Waals surface area (Å²) in [6.45, 7) is 5.75. The second kappa shape index (κ2) is 8.66. The molecule has 1 atom stereocenters. The van der Waals surface area contributed by atoms with Crippen LogP contribution in [0.3, 0.4) is 0 Å². The predicted molar refractivity (Wildman–Crippen MR) is 119 cm³/mol. The normalized spacial score (nSPS) is 12.4. The van der Waals surface area contributed by atoms with Gasteiger partial charge in [-0.05, 0) is 44.5 Å². The van der Waals surface area contributed by atoms with Crippen LogP contribution in [0, 0.1) is 26.6 Å². The second-order valence-electron chi connectivity index (χ2n) is 7.65. The van der Waals surface area contributed by atoms with Crippen molar-refractivity contribution in [3.8, 4) is 5.82 Å². The third-order valence-electron chi connectivity index (χ3n) is 5.35. The Hall–Kier alpha value is -3.94. The first kappa shape index (κ1) is 21.3. The van der Waals surface area contributed by atoms with Crippen molar-refractivity contribution < 1.29 is 13.7 Å². The maximum atomic E-state index is 14.5. The summed E-state index contributed by atoms with van der Waals surface area (Å²) in [4.78, 5) is 17.1. The number of aryl methyl sites for hydroxylation is 3. The Morgan fingerprint density at radius 3 is 2.66 bits per heavy atom. The third-order valence-corrected chi connectivity index (χ3v) is 5.35. The van der Waals surface area contributed by atoms with E-state index >= 15 is 0 Å². The molecule has 4 rings (SSSR count). The van der Waals surface area contributed by atoms with Crippen LogP contribution in [0.1, 0.15) is 40.1 Å². The summed E-state index contributed by atoms with van der Waals surface area (Å²) in [7, 11) is 1.80. The monoisotopic (exact) mass is 433 g/mol. The molecular formula is C24H24FN5O2. The Morgan fingerprint density at radius 2 is 2.00 bits per heavy atom. The zero-order valence-electron chi connectivity index (χ0n) is 18.3. The van der Waals surface area contributed by atoms with Crippen LogP contribution >= 0.6 is 0 Å². The molecule has 0 saturated heterocycles. The molecule has 3 aromatic heterocycles. The lowest BCUT2D eigenvalue weighted by molar-refractivity contribution is -0.117. The molecule has 0 aliphatic heterocycles. The van der Waals surface area contributed by atoms with Gasteiger partial charge in [0.05, 0.1) is 0 Å². The Labute approximate surface area is 185 Å². The number of amides is 1. The lowest BCUT2D eigenvalue weighted by atomic mass is 10.1. The van der Waals surface area contributed by atoms with Gasteiger partial charge in [0.25, 0.3) is 0 Å². The van der Waals surface area contributed by atoms with E-state index in [0.717, 1.165) is 22.7 Å². The summed E-state index contributed by atoms with van der Waals surface area (Å²) >= 11 is 0. The molecule has 7 nitrogen and oxygen atoms in total. The fraction of sp³-hybridized carbons (Fsp3) is 0.208. The van der Waals surface area contributed by atoms with Crippen LogP contribution in [0.5, 0.6) is 0 Å². The number of imidazole rings is 1. The minimum absolute atomic E-state index is 0.350. The van der Waals surface area contributed by atoms with Crippen molar-refractivity contribution in [1.82, 2.24) is 24.6 Å². The molecule has 1 aromatic carbocycles. The number of hydrogen-bond donors (Lipinski definition) is 1. The number of nitrogens with zero attached hydrogens (tertiary/aromatic N) is 4. The summed E-state index contributed by atoms with van der Waals surface area (Å²) in [5.41, 5.74) is 3.11. The van der Waals surface area contributed by atoms with Gasteiger partial charge in [0.15, 0.2) is 5.82 Å². The Balaban J connectivity index is 1.59. The maximum Gasteiger partial charge on any atom is 0.244 e. The Bertz CT molecular complexity index is 1300. The first-order chi connectivity index (χ1) is 15.3. The molecule has 1 N–H and O–H groups in total. The van der Waals surface area contributed by atoms with Crippen LogP contribution in [0.2, 0.25) is 0 Å². The number of nitrogens with one attached hydrogen (secondary N) is 1. The summed E-state index contributed by atoms with van der Waals surface area (Å²) in [5, 5.41) is 6.95. The van der Waals surface area contributed by atoms with E-state index in [9.17, 15) is 9.18 Å². The van der Waals surface area contributed by atoms with Crippen LogP contribution < -0.4 is 5.32 Å². The number of benzene rings is 1. The van der Waals surface area contributed by atoms with Gasteiger partial charge in [-0.3, -0.25) is 9.36 Å². The van der Waals surface area contributed by atoms with E-state index in [0.29, 0.717) is 17.2 Å². The van der Waals surface area contributed by atoms with Gasteiger partial charge in [-0.15, -0.1) is 0 Å². The molecule has 32 heavy (non-hydrogen) atoms. The molecule has 0 saturated carbocycles. The topological polar surface area (TPSA) is 77.9 Å². The highest BCUT2D eigenvalue weighted by atomic mass is 19.1. The average Bonchev–Trinajstić information content (AvgIpc) is 3.44. The first-order valence-electron chi connectivity index (χ1n) is 10.2. The van der Waals surface area contributed by atoms with Gasteiger partial charge < -0.3 is 14.4 Å². The van der Waals surface area contributed by atoms with Crippen LogP contribution in [-0.2, 0) is 11.8 Å². The number of carbonyl (C=O) groups is 1. The van der Waals surface area contributed by atoms with Crippen molar-refractivity contribution in [2.24, 2.45) is 7.05 Å². The number of carbonyl (C=O) groups excluding carboxylic acids is 1. The van der Waals surface area contributed by atoms with Crippen LogP contribution in [0.4, 0.5) is 4.39 Å². The van der Waals surface area contributed by atoms with Gasteiger partial charge in [0, 0.05) is 48.5 Å². The molecule has 3 heterocycles. The Kier molecular flexibility index (Phi) is 5.77. The van der Waals surface area contributed by atoms with E-state index in [1.807, 2.05) is 37.5 Å². The molecular weight excluding hydrogens is 409 g/mol. The van der Waals surface area contributed by atoms with Crippen molar-refractivity contribution in [1.29, 1.82) is 0 Å². The molecule has 4 aromatic rings. The molecule has 0 aliphatic carbocycles. The van der Waals surface area contributed by atoms with Crippen molar-refractivity contribution in [2.75, 3.05) is 0 Å². The molecule has 1 unspecified atom stereocenters. The fourth-order valence-corrected chi connectivity index (χ4v) is 3.77. The highest BCUT2D eigenvalue weighted by Crippen LogP contribution is 2.24. The highest BCUT2D eigenvalue weighted by molar-refractivity contribution is 5.92. The SMILES string of the molecule is Cc1cc(-n2c(C)cc(/C=C/C(=O)NC(c3ccccc3F)c3nccn3C)c2C)no1. The molecule has 8 heteroatoms. The van der Waals surface area contributed by atoms with Crippen LogP contribution in [-0.4, -0.2) is 25.2 Å². The second-order valence-corrected chi connectivity index (χ2v) is 7.65. The summed E-state index contributed by atoms with van der Waals surface area (Å²) in [5.74, 6) is 1.18. The fourth-order valence-electron chi connectivity index (χ4n) is 3.77. The molecule has 0 bridgehead atoms. The molecule has 0 spiro atoms. The van der Waals surface area contributed by atoms with E-state index in [2.05, 4.69) is 15.5 Å². The average molecular weight is 433 g/mol. The lowest BCUT2D eigenvalue weighted by Gasteiger charge is -2.18. The largest absolute Gasteiger partial charge is 0.360 e. The quantitative estimate of drug-likeness (QED) is 0.463. The standard InChI is InChI=1S/C24H24FN5O2/c1-15-13-18(17(3)30(15)21-14-16(2)32-28-21)9-10-22(31)27-23(24-26-11-12-29(24)4)19-7-5-6-8-20(19)25/h5-14,23H,1-4H3,(H,27,31)/b10-9+. The van der Waals surface area contributed by atoms with Crippen LogP contribution in [0.25, 0.3) is 11.9 Å². The van der Waals surface area contributed by atoms with E-state index in [1.54, 1.807) is 48.3 Å². The number of halogens is 1. The summed E-state index contributed by atoms with van der Waals surface area (Å²) < 4.78 is 23.4. The van der Waals surface area contributed by atoms with E-state index in [-0.39, 0.29) is 5.91 Å². The first-order valence-corrected chi connectivity index (χ1v) is 10.2. The molecule has 1 amide bonds. The van der Waals surface area contributed by atoms with Gasteiger partial charge in [-0.25, -0.2) is 9.37 Å². The minimum Gasteiger partial charge on any atom is -0.360 e. The van der Waals surface area contributed by atoms with Crippen LogP contribution in [0.15, 0.2) is 59.4 Å². The highest BCUT2D eigenvalue weighted by Gasteiger charge is 2.23. The number of rotatable bonds is 6. The van der Waals surface area contributed by atoms with Crippen molar-refractivity contribution >= 4 is 12.0 Å². The lowest BCUT2D eigenvalue weighted by Crippen LogP contribution is -2.30. The van der Waals surface area contributed by atoms with E-state index in [4.69, 9.17) is 4.52 Å².